The van der Waals surface area contributed by atoms with Gasteiger partial charge in [0.05, 0.1) is 6.54 Å². The summed E-state index contributed by atoms with van der Waals surface area (Å²) < 4.78 is 0. The van der Waals surface area contributed by atoms with Gasteiger partial charge in [-0.05, 0) is 12.1 Å². The molecule has 1 heterocycles. The molecule has 3 nitrogen and oxygen atoms in total. The highest BCUT2D eigenvalue weighted by Crippen LogP contribution is 2.14. The molecule has 1 aliphatic heterocycles. The molecule has 0 aliphatic carbocycles. The van der Waals surface area contributed by atoms with Gasteiger partial charge in [0, 0.05) is 18.8 Å². The Hall–Kier alpha value is -1.77. The molecule has 2 rings (SSSR count). The predicted octanol–water partition coefficient (Wildman–Crippen LogP) is 1.64. The van der Waals surface area contributed by atoms with Crippen LogP contribution in [0.5, 0.6) is 0 Å². The van der Waals surface area contributed by atoms with Crippen molar-refractivity contribution in [3.63, 3.8) is 0 Å². The second-order valence-corrected chi connectivity index (χ2v) is 3.37. The largest absolute Gasteiger partial charge is 0.354 e. The van der Waals surface area contributed by atoms with E-state index < -0.39 is 0 Å². The Bertz CT molecular complexity index is 356. The first-order chi connectivity index (χ1) is 7.42. The number of aliphatic imine (C=N–C) groups is 1. The van der Waals surface area contributed by atoms with Crippen molar-refractivity contribution in [1.82, 2.24) is 5.32 Å². The van der Waals surface area contributed by atoms with Gasteiger partial charge in [-0.2, -0.15) is 0 Å². The molecule has 78 valence electrons. The van der Waals surface area contributed by atoms with E-state index in [2.05, 4.69) is 33.9 Å². The molecule has 0 radical (unpaired) electrons. The smallest absolute Gasteiger partial charge is 0.198 e. The van der Waals surface area contributed by atoms with Gasteiger partial charge in [-0.3, -0.25) is 4.99 Å². The van der Waals surface area contributed by atoms with Crippen molar-refractivity contribution in [3.05, 3.63) is 43.0 Å². The van der Waals surface area contributed by atoms with Crippen LogP contribution in [0.3, 0.4) is 0 Å². The van der Waals surface area contributed by atoms with Gasteiger partial charge in [0.1, 0.15) is 0 Å². The Morgan fingerprint density at radius 1 is 1.40 bits per heavy atom. The lowest BCUT2D eigenvalue weighted by Gasteiger charge is -2.22. The van der Waals surface area contributed by atoms with E-state index in [1.165, 1.54) is 0 Å². The van der Waals surface area contributed by atoms with Crippen molar-refractivity contribution in [2.45, 2.75) is 0 Å². The van der Waals surface area contributed by atoms with Crippen LogP contribution in [0.1, 0.15) is 0 Å². The molecule has 0 bridgehead atoms. The molecule has 0 aromatic heterocycles. The maximum atomic E-state index is 4.41. The van der Waals surface area contributed by atoms with Gasteiger partial charge in [0.2, 0.25) is 0 Å². The fraction of sp³-hybridized carbons (Fsp3) is 0.250. The third-order valence-corrected chi connectivity index (χ3v) is 2.29. The zero-order chi connectivity index (χ0) is 10.5. The van der Waals surface area contributed by atoms with Crippen LogP contribution in [0, 0.1) is 0 Å². The van der Waals surface area contributed by atoms with Crippen molar-refractivity contribution in [1.29, 1.82) is 0 Å². The molecule has 0 saturated carbocycles. The molecule has 0 atom stereocenters. The molecular formula is C12H15N3. The van der Waals surface area contributed by atoms with Crippen molar-refractivity contribution < 1.29 is 0 Å². The van der Waals surface area contributed by atoms with E-state index in [1.54, 1.807) is 0 Å². The van der Waals surface area contributed by atoms with Crippen LogP contribution in [0.2, 0.25) is 0 Å². The lowest BCUT2D eigenvalue weighted by molar-refractivity contribution is 0.945. The predicted molar refractivity (Wildman–Crippen MR) is 64.3 cm³/mol. The molecule has 3 heteroatoms. The molecule has 1 aliphatic rings. The summed E-state index contributed by atoms with van der Waals surface area (Å²) in [5.41, 5.74) is 1.14. The molecule has 15 heavy (non-hydrogen) atoms. The highest BCUT2D eigenvalue weighted by Gasteiger charge is 2.14. The van der Waals surface area contributed by atoms with E-state index in [0.717, 1.165) is 31.3 Å². The molecular weight excluding hydrogens is 186 g/mol. The highest BCUT2D eigenvalue weighted by molar-refractivity contribution is 5.97. The Kier molecular flexibility index (Phi) is 3.02. The van der Waals surface area contributed by atoms with Gasteiger partial charge in [-0.15, -0.1) is 6.58 Å². The molecule has 0 spiro atoms. The summed E-state index contributed by atoms with van der Waals surface area (Å²) in [4.78, 5) is 6.54. The molecule has 1 N–H and O–H groups in total. The third-order valence-electron chi connectivity index (χ3n) is 2.29. The monoisotopic (exact) mass is 201 g/mol. The number of rotatable bonds is 3. The van der Waals surface area contributed by atoms with Gasteiger partial charge in [-0.1, -0.05) is 24.3 Å². The summed E-state index contributed by atoms with van der Waals surface area (Å²) in [6.07, 6.45) is 1.88. The van der Waals surface area contributed by atoms with Gasteiger partial charge >= 0.3 is 0 Å². The van der Waals surface area contributed by atoms with Crippen LogP contribution in [-0.4, -0.2) is 25.6 Å². The maximum absolute atomic E-state index is 4.41. The van der Waals surface area contributed by atoms with Crippen LogP contribution in [0.15, 0.2) is 48.0 Å². The van der Waals surface area contributed by atoms with E-state index in [9.17, 15) is 0 Å². The van der Waals surface area contributed by atoms with E-state index in [0.29, 0.717) is 0 Å². The summed E-state index contributed by atoms with van der Waals surface area (Å²) in [5.74, 6) is 0.945. The molecule has 0 unspecified atom stereocenters. The minimum atomic E-state index is 0.774. The zero-order valence-electron chi connectivity index (χ0n) is 8.69. The fourth-order valence-corrected chi connectivity index (χ4v) is 1.62. The molecule has 1 aromatic carbocycles. The lowest BCUT2D eigenvalue weighted by Crippen LogP contribution is -2.38. The Labute approximate surface area is 90.1 Å². The van der Waals surface area contributed by atoms with Gasteiger partial charge in [0.15, 0.2) is 5.96 Å². The number of benzene rings is 1. The SMILES string of the molecule is C=CCN(C1=NCCN1)c1ccccc1. The lowest BCUT2D eigenvalue weighted by atomic mass is 10.3. The minimum absolute atomic E-state index is 0.774. The zero-order valence-corrected chi connectivity index (χ0v) is 8.69. The van der Waals surface area contributed by atoms with Crippen molar-refractivity contribution >= 4 is 11.6 Å². The fourth-order valence-electron chi connectivity index (χ4n) is 1.62. The second-order valence-electron chi connectivity index (χ2n) is 3.37. The molecule has 0 amide bonds. The number of guanidine groups is 1. The van der Waals surface area contributed by atoms with Crippen LogP contribution < -0.4 is 10.2 Å². The number of nitrogens with one attached hydrogen (secondary N) is 1. The Morgan fingerprint density at radius 2 is 2.20 bits per heavy atom. The Balaban J connectivity index is 2.23. The summed E-state index contributed by atoms with van der Waals surface area (Å²) in [7, 11) is 0. The van der Waals surface area contributed by atoms with Crippen LogP contribution in [0.25, 0.3) is 0 Å². The van der Waals surface area contributed by atoms with E-state index in [-0.39, 0.29) is 0 Å². The first-order valence-corrected chi connectivity index (χ1v) is 5.13. The maximum Gasteiger partial charge on any atom is 0.198 e. The highest BCUT2D eigenvalue weighted by atomic mass is 15.3. The number of hydrogen-bond donors (Lipinski definition) is 1. The topological polar surface area (TPSA) is 27.6 Å². The molecule has 1 aromatic rings. The third kappa shape index (κ3) is 2.18. The van der Waals surface area contributed by atoms with Crippen LogP contribution >= 0.6 is 0 Å². The van der Waals surface area contributed by atoms with E-state index in [4.69, 9.17) is 0 Å². The minimum Gasteiger partial charge on any atom is -0.354 e. The standard InChI is InChI=1S/C12H15N3/c1-2-10-15(12-13-8-9-14-12)11-6-4-3-5-7-11/h2-7H,1,8-10H2,(H,13,14). The average Bonchev–Trinajstić information content (AvgIpc) is 2.80. The van der Waals surface area contributed by atoms with Crippen molar-refractivity contribution in [2.24, 2.45) is 4.99 Å². The summed E-state index contributed by atoms with van der Waals surface area (Å²) >= 11 is 0. The number of anilines is 1. The quantitative estimate of drug-likeness (QED) is 0.753. The number of hydrogen-bond acceptors (Lipinski definition) is 3. The Morgan fingerprint density at radius 3 is 2.80 bits per heavy atom. The van der Waals surface area contributed by atoms with Crippen LogP contribution in [0.4, 0.5) is 5.69 Å². The second kappa shape index (κ2) is 4.64. The van der Waals surface area contributed by atoms with Crippen molar-refractivity contribution in [2.75, 3.05) is 24.5 Å². The molecule has 0 saturated heterocycles. The van der Waals surface area contributed by atoms with Gasteiger partial charge in [-0.25, -0.2) is 0 Å². The summed E-state index contributed by atoms with van der Waals surface area (Å²) in [6.45, 7) is 6.33. The van der Waals surface area contributed by atoms with Gasteiger partial charge < -0.3 is 10.2 Å². The first kappa shape index (κ1) is 9.77. The van der Waals surface area contributed by atoms with Gasteiger partial charge in [0.25, 0.3) is 0 Å². The normalized spacial score (nSPS) is 14.3. The van der Waals surface area contributed by atoms with Crippen LogP contribution in [-0.2, 0) is 0 Å². The summed E-state index contributed by atoms with van der Waals surface area (Å²) in [5, 5.41) is 3.27. The molecule has 0 fully saturated rings. The number of nitrogens with zero attached hydrogens (tertiary/aromatic N) is 2. The van der Waals surface area contributed by atoms with E-state index >= 15 is 0 Å². The average molecular weight is 201 g/mol. The van der Waals surface area contributed by atoms with Crippen molar-refractivity contribution in [3.8, 4) is 0 Å². The summed E-state index contributed by atoms with van der Waals surface area (Å²) in [6, 6.07) is 10.2. The van der Waals surface area contributed by atoms with E-state index in [1.807, 2.05) is 24.3 Å². The number of para-hydroxylation sites is 1. The first-order valence-electron chi connectivity index (χ1n) is 5.13.